The predicted octanol–water partition coefficient (Wildman–Crippen LogP) is -0.626. The summed E-state index contributed by atoms with van der Waals surface area (Å²) in [7, 11) is 1.77. The van der Waals surface area contributed by atoms with Crippen LogP contribution in [-0.2, 0) is 4.79 Å². The van der Waals surface area contributed by atoms with Crippen LogP contribution in [-0.4, -0.2) is 87.5 Å². The Labute approximate surface area is 97.8 Å². The first kappa shape index (κ1) is 12.7. The predicted molar refractivity (Wildman–Crippen MR) is 38.0 cm³/mol. The number of nitrogens with zero attached hydrogens (tertiary/aromatic N) is 1. The first-order valence-electron chi connectivity index (χ1n) is 2.57. The molecule has 0 aromatic carbocycles. The van der Waals surface area contributed by atoms with Gasteiger partial charge in [0.15, 0.2) is 0 Å². The molecule has 0 aromatic heterocycles. The van der Waals surface area contributed by atoms with Gasteiger partial charge in [0.25, 0.3) is 0 Å². The molecule has 0 aromatic rings. The number of carboxylic acid groups (broad SMARTS) is 1. The van der Waals surface area contributed by atoms with Crippen LogP contribution in [0, 0.1) is 0 Å². The van der Waals surface area contributed by atoms with Crippen molar-refractivity contribution in [3.63, 3.8) is 0 Å². The molecular weight excluding hydrogens is 145 g/mol. The van der Waals surface area contributed by atoms with Gasteiger partial charge in [0.05, 0.1) is 6.54 Å². The Kier molecular flexibility index (Phi) is 10.1. The van der Waals surface area contributed by atoms with E-state index in [2.05, 4.69) is 0 Å². The van der Waals surface area contributed by atoms with Gasteiger partial charge in [-0.25, -0.2) is 0 Å². The third kappa shape index (κ3) is 9.07. The van der Waals surface area contributed by atoms with Crippen molar-refractivity contribution in [1.82, 2.24) is 4.90 Å². The fourth-order valence-electron chi connectivity index (χ4n) is 0.343. The number of hydrogen-bond acceptors (Lipinski definition) is 2. The number of rotatable bonds is 3. The second-order valence-electron chi connectivity index (χ2n) is 1.72. The maximum atomic E-state index is 9.93. The molecule has 9 heavy (non-hydrogen) atoms. The average Bonchev–Trinajstić information content (AvgIpc) is 1.65. The molecule has 1 N–H and O–H groups in total. The van der Waals surface area contributed by atoms with E-state index in [1.165, 1.54) is 0 Å². The van der Waals surface area contributed by atoms with Crippen molar-refractivity contribution in [2.24, 2.45) is 0 Å². The second kappa shape index (κ2) is 7.18. The molecule has 0 saturated heterocycles. The van der Waals surface area contributed by atoms with Gasteiger partial charge in [0.2, 0.25) is 0 Å². The van der Waals surface area contributed by atoms with Gasteiger partial charge in [-0.3, -0.25) is 9.69 Å². The Morgan fingerprint density at radius 3 is 2.22 bits per heavy atom. The van der Waals surface area contributed by atoms with E-state index < -0.39 is 5.97 Å². The molecule has 0 aliphatic carbocycles. The van der Waals surface area contributed by atoms with Gasteiger partial charge >= 0.3 is 57.4 Å². The fraction of sp³-hybridized carbons (Fsp3) is 0.800. The Hall–Kier alpha value is 1.07. The van der Waals surface area contributed by atoms with Crippen LogP contribution in [0.2, 0.25) is 0 Å². The van der Waals surface area contributed by atoms with Crippen molar-refractivity contribution < 1.29 is 9.90 Å². The molecular formula is C5H12KNO2. The van der Waals surface area contributed by atoms with Crippen LogP contribution in [0.15, 0.2) is 0 Å². The third-order valence-electron chi connectivity index (χ3n) is 0.945. The number of carboxylic acids is 1. The van der Waals surface area contributed by atoms with E-state index in [1.54, 1.807) is 11.9 Å². The summed E-state index contributed by atoms with van der Waals surface area (Å²) in [4.78, 5) is 11.7. The molecule has 4 heteroatoms. The quantitative estimate of drug-likeness (QED) is 0.555. The van der Waals surface area contributed by atoms with Crippen LogP contribution >= 0.6 is 0 Å². The number of hydrogen-bond donors (Lipinski definition) is 1. The molecule has 0 unspecified atom stereocenters. The van der Waals surface area contributed by atoms with Gasteiger partial charge < -0.3 is 5.11 Å². The molecule has 0 saturated carbocycles. The second-order valence-corrected chi connectivity index (χ2v) is 1.72. The summed E-state index contributed by atoms with van der Waals surface area (Å²) in [5, 5.41) is 8.17. The first-order valence-corrected chi connectivity index (χ1v) is 2.57. The van der Waals surface area contributed by atoms with Gasteiger partial charge in [-0.05, 0) is 13.6 Å². The van der Waals surface area contributed by atoms with Gasteiger partial charge in [0.1, 0.15) is 0 Å². The van der Waals surface area contributed by atoms with Gasteiger partial charge in [0, 0.05) is 0 Å². The molecule has 50 valence electrons. The molecule has 0 atom stereocenters. The zero-order valence-corrected chi connectivity index (χ0v) is 5.22. The van der Waals surface area contributed by atoms with Gasteiger partial charge in [-0.2, -0.15) is 0 Å². The minimum absolute atomic E-state index is 0. The van der Waals surface area contributed by atoms with Crippen molar-refractivity contribution in [2.45, 2.75) is 6.92 Å². The summed E-state index contributed by atoms with van der Waals surface area (Å²) in [6.07, 6.45) is 0. The summed E-state index contributed by atoms with van der Waals surface area (Å²) in [5.74, 6) is -0.769. The van der Waals surface area contributed by atoms with Crippen molar-refractivity contribution in [1.29, 1.82) is 0 Å². The maximum absolute atomic E-state index is 9.93. The Morgan fingerprint density at radius 2 is 2.11 bits per heavy atom. The fourth-order valence-corrected chi connectivity index (χ4v) is 0.343. The van der Waals surface area contributed by atoms with Crippen molar-refractivity contribution in [3.05, 3.63) is 0 Å². The van der Waals surface area contributed by atoms with Crippen LogP contribution in [0.5, 0.6) is 0 Å². The molecule has 3 nitrogen and oxygen atoms in total. The molecule has 0 amide bonds. The van der Waals surface area contributed by atoms with E-state index in [-0.39, 0.29) is 57.9 Å². The summed E-state index contributed by atoms with van der Waals surface area (Å²) in [5.41, 5.74) is 0. The van der Waals surface area contributed by atoms with Crippen LogP contribution in [0.1, 0.15) is 6.92 Å². The summed E-state index contributed by atoms with van der Waals surface area (Å²) >= 11 is 0. The van der Waals surface area contributed by atoms with Gasteiger partial charge in [-0.1, -0.05) is 6.92 Å². The summed E-state index contributed by atoms with van der Waals surface area (Å²) in [6.45, 7) is 2.84. The Balaban J connectivity index is 0. The van der Waals surface area contributed by atoms with Gasteiger partial charge in [-0.15, -0.1) is 0 Å². The van der Waals surface area contributed by atoms with Crippen LogP contribution < -0.4 is 0 Å². The zero-order chi connectivity index (χ0) is 6.57. The zero-order valence-electron chi connectivity index (χ0n) is 5.22. The van der Waals surface area contributed by atoms with E-state index in [4.69, 9.17) is 5.11 Å². The minimum atomic E-state index is -0.769. The topological polar surface area (TPSA) is 40.5 Å². The molecule has 0 fully saturated rings. The van der Waals surface area contributed by atoms with E-state index in [0.717, 1.165) is 6.54 Å². The van der Waals surface area contributed by atoms with Crippen molar-refractivity contribution in [3.8, 4) is 0 Å². The van der Waals surface area contributed by atoms with E-state index in [9.17, 15) is 4.79 Å². The summed E-state index contributed by atoms with van der Waals surface area (Å²) in [6, 6.07) is 0. The van der Waals surface area contributed by atoms with Crippen molar-refractivity contribution in [2.75, 3.05) is 20.1 Å². The monoisotopic (exact) mass is 157 g/mol. The molecule has 0 heterocycles. The van der Waals surface area contributed by atoms with Crippen LogP contribution in [0.3, 0.4) is 0 Å². The average molecular weight is 157 g/mol. The van der Waals surface area contributed by atoms with E-state index in [1.807, 2.05) is 6.92 Å². The van der Waals surface area contributed by atoms with E-state index >= 15 is 0 Å². The molecule has 0 aliphatic heterocycles. The standard InChI is InChI=1S/C5H11NO2.K.H/c1-3-6(2)4-5(7)8;;/h3-4H2,1-2H3,(H,7,8);;. The molecule has 0 aliphatic rings. The molecule has 0 bridgehead atoms. The van der Waals surface area contributed by atoms with E-state index in [0.29, 0.717) is 0 Å². The first-order chi connectivity index (χ1) is 3.66. The van der Waals surface area contributed by atoms with Crippen LogP contribution in [0.25, 0.3) is 0 Å². The Morgan fingerprint density at radius 1 is 1.67 bits per heavy atom. The Bertz CT molecular complexity index is 87.0. The third-order valence-corrected chi connectivity index (χ3v) is 0.945. The SMILES string of the molecule is CCN(C)CC(=O)O.[KH]. The molecule has 0 rings (SSSR count). The molecule has 0 radical (unpaired) electrons. The summed E-state index contributed by atoms with van der Waals surface area (Å²) < 4.78 is 0. The van der Waals surface area contributed by atoms with Crippen molar-refractivity contribution >= 4 is 57.4 Å². The van der Waals surface area contributed by atoms with Crippen LogP contribution in [0.4, 0.5) is 0 Å². The normalized spacial score (nSPS) is 8.78. The number of aliphatic carboxylic acids is 1. The molecule has 0 spiro atoms. The number of likely N-dealkylation sites (N-methyl/N-ethyl adjacent to an activating group) is 1. The number of carbonyl (C=O) groups is 1.